The second-order valence-corrected chi connectivity index (χ2v) is 11.1. The number of sulfone groups is 1. The molecule has 3 unspecified atom stereocenters. The normalized spacial score (nSPS) is 30.1. The topological polar surface area (TPSA) is 51.2 Å². The van der Waals surface area contributed by atoms with Gasteiger partial charge in [0.1, 0.15) is 5.78 Å². The van der Waals surface area contributed by atoms with Crippen LogP contribution in [0.25, 0.3) is 0 Å². The SMILES string of the molecule is CC(C/C=C(/F)S(=O)(=O)C(C)(C)C)C1=CCC2C(=O)CCCC12C. The predicted octanol–water partition coefficient (Wildman–Crippen LogP) is 4.74. The summed E-state index contributed by atoms with van der Waals surface area (Å²) in [5, 5.41) is -1.04. The summed E-state index contributed by atoms with van der Waals surface area (Å²) in [6, 6.07) is 0. The van der Waals surface area contributed by atoms with Gasteiger partial charge in [-0.05, 0) is 63.9 Å². The predicted molar refractivity (Wildman–Crippen MR) is 94.8 cm³/mol. The van der Waals surface area contributed by atoms with Crippen LogP contribution in [-0.2, 0) is 14.6 Å². The Morgan fingerprint density at radius 2 is 2.08 bits per heavy atom. The van der Waals surface area contributed by atoms with Crippen molar-refractivity contribution < 1.29 is 17.6 Å². The highest BCUT2D eigenvalue weighted by molar-refractivity contribution is 7.96. The van der Waals surface area contributed by atoms with Crippen molar-refractivity contribution in [2.45, 2.75) is 71.5 Å². The molecular formula is C19H29FO3S. The molecule has 0 aromatic carbocycles. The zero-order valence-corrected chi connectivity index (χ0v) is 16.2. The molecule has 5 heteroatoms. The molecule has 3 nitrogen and oxygen atoms in total. The maximum Gasteiger partial charge on any atom is 0.211 e. The number of halogens is 1. The van der Waals surface area contributed by atoms with Gasteiger partial charge < -0.3 is 0 Å². The monoisotopic (exact) mass is 356 g/mol. The number of ketones is 1. The number of fused-ring (bicyclic) bond motifs is 1. The first-order valence-corrected chi connectivity index (χ1v) is 10.2. The van der Waals surface area contributed by atoms with Gasteiger partial charge in [-0.1, -0.05) is 25.5 Å². The molecule has 24 heavy (non-hydrogen) atoms. The van der Waals surface area contributed by atoms with E-state index in [1.165, 1.54) is 32.4 Å². The van der Waals surface area contributed by atoms with Gasteiger partial charge in [-0.3, -0.25) is 4.79 Å². The number of rotatable bonds is 4. The molecule has 0 saturated heterocycles. The Bertz CT molecular complexity index is 682. The molecule has 136 valence electrons. The molecule has 0 radical (unpaired) electrons. The second kappa shape index (κ2) is 6.40. The van der Waals surface area contributed by atoms with E-state index in [1.807, 2.05) is 6.92 Å². The lowest BCUT2D eigenvalue weighted by atomic mass is 9.63. The van der Waals surface area contributed by atoms with Crippen LogP contribution >= 0.6 is 0 Å². The van der Waals surface area contributed by atoms with E-state index in [0.29, 0.717) is 18.6 Å². The highest BCUT2D eigenvalue weighted by Gasteiger charge is 2.47. The average molecular weight is 357 g/mol. The fourth-order valence-electron chi connectivity index (χ4n) is 4.11. The Balaban J connectivity index is 2.15. The standard InChI is InChI=1S/C19H29FO3S/c1-13(8-11-17(20)24(22,23)18(2,3)4)14-9-10-15-16(21)7-6-12-19(14,15)5/h9,11,13,15H,6-8,10,12H2,1-5H3/b17-11-. The minimum Gasteiger partial charge on any atom is -0.299 e. The van der Waals surface area contributed by atoms with Crippen molar-refractivity contribution >= 4 is 15.6 Å². The van der Waals surface area contributed by atoms with Crippen LogP contribution < -0.4 is 0 Å². The lowest BCUT2D eigenvalue weighted by molar-refractivity contribution is -0.128. The average Bonchev–Trinajstić information content (AvgIpc) is 2.81. The van der Waals surface area contributed by atoms with Gasteiger partial charge >= 0.3 is 0 Å². The zero-order valence-electron chi connectivity index (χ0n) is 15.4. The molecule has 1 saturated carbocycles. The van der Waals surface area contributed by atoms with Crippen LogP contribution in [0.4, 0.5) is 4.39 Å². The molecule has 0 amide bonds. The Morgan fingerprint density at radius 3 is 2.67 bits per heavy atom. The van der Waals surface area contributed by atoms with Crippen molar-refractivity contribution in [3.05, 3.63) is 22.9 Å². The Hall–Kier alpha value is -0.970. The van der Waals surface area contributed by atoms with Gasteiger partial charge in [-0.2, -0.15) is 4.39 Å². The number of hydrogen-bond acceptors (Lipinski definition) is 3. The first-order valence-electron chi connectivity index (χ1n) is 8.75. The van der Waals surface area contributed by atoms with Gasteiger partial charge in [0.2, 0.25) is 15.0 Å². The molecule has 0 aliphatic heterocycles. The van der Waals surface area contributed by atoms with Gasteiger partial charge in [-0.25, -0.2) is 8.42 Å². The van der Waals surface area contributed by atoms with Crippen LogP contribution in [0.3, 0.4) is 0 Å². The number of Topliss-reactive ketones (excluding diaryl/α,β-unsaturated/α-hetero) is 1. The summed E-state index contributed by atoms with van der Waals surface area (Å²) in [6.45, 7) is 8.62. The molecule has 0 aromatic heterocycles. The van der Waals surface area contributed by atoms with E-state index >= 15 is 0 Å². The van der Waals surface area contributed by atoms with E-state index < -0.39 is 19.7 Å². The third-order valence-corrected chi connectivity index (χ3v) is 8.03. The lowest BCUT2D eigenvalue weighted by Crippen LogP contribution is -2.36. The van der Waals surface area contributed by atoms with Gasteiger partial charge in [0, 0.05) is 12.3 Å². The number of allylic oxidation sites excluding steroid dienone is 3. The summed E-state index contributed by atoms with van der Waals surface area (Å²) in [6.07, 6.45) is 6.97. The molecule has 1 fully saturated rings. The molecule has 0 bridgehead atoms. The maximum absolute atomic E-state index is 14.2. The zero-order chi connectivity index (χ0) is 18.3. The summed E-state index contributed by atoms with van der Waals surface area (Å²) in [5.74, 6) is 0.418. The van der Waals surface area contributed by atoms with Crippen molar-refractivity contribution in [2.75, 3.05) is 0 Å². The lowest BCUT2D eigenvalue weighted by Gasteiger charge is -2.40. The number of hydrogen-bond donors (Lipinski definition) is 0. The largest absolute Gasteiger partial charge is 0.299 e. The third kappa shape index (κ3) is 3.24. The molecule has 2 rings (SSSR count). The van der Waals surface area contributed by atoms with Gasteiger partial charge in [-0.15, -0.1) is 0 Å². The van der Waals surface area contributed by atoms with Crippen molar-refractivity contribution in [3.63, 3.8) is 0 Å². The molecule has 0 spiro atoms. The minimum absolute atomic E-state index is 0.0341. The van der Waals surface area contributed by atoms with Crippen LogP contribution in [0.2, 0.25) is 0 Å². The summed E-state index contributed by atoms with van der Waals surface area (Å²) in [5.41, 5.74) is 1.06. The third-order valence-electron chi connectivity index (χ3n) is 5.74. The van der Waals surface area contributed by atoms with E-state index in [-0.39, 0.29) is 17.3 Å². The smallest absolute Gasteiger partial charge is 0.211 e. The summed E-state index contributed by atoms with van der Waals surface area (Å²) >= 11 is 0. The van der Waals surface area contributed by atoms with Crippen LogP contribution in [0.5, 0.6) is 0 Å². The van der Waals surface area contributed by atoms with Crippen molar-refractivity contribution in [2.24, 2.45) is 17.3 Å². The second-order valence-electron chi connectivity index (χ2n) is 8.45. The highest BCUT2D eigenvalue weighted by atomic mass is 32.2. The highest BCUT2D eigenvalue weighted by Crippen LogP contribution is 2.53. The Kier molecular flexibility index (Phi) is 5.16. The van der Waals surface area contributed by atoms with E-state index in [1.54, 1.807) is 0 Å². The van der Waals surface area contributed by atoms with Crippen molar-refractivity contribution in [1.82, 2.24) is 0 Å². The Morgan fingerprint density at radius 1 is 1.46 bits per heavy atom. The summed E-state index contributed by atoms with van der Waals surface area (Å²) < 4.78 is 37.3. The first kappa shape index (κ1) is 19.4. The number of carbonyl (C=O) groups excluding carboxylic acids is 1. The van der Waals surface area contributed by atoms with Crippen LogP contribution in [0, 0.1) is 17.3 Å². The van der Waals surface area contributed by atoms with E-state index in [4.69, 9.17) is 0 Å². The number of carbonyl (C=O) groups is 1. The van der Waals surface area contributed by atoms with Crippen molar-refractivity contribution in [3.8, 4) is 0 Å². The first-order chi connectivity index (χ1) is 10.9. The molecule has 0 heterocycles. The van der Waals surface area contributed by atoms with Gasteiger partial charge in [0.05, 0.1) is 4.75 Å². The molecule has 3 atom stereocenters. The van der Waals surface area contributed by atoms with Crippen molar-refractivity contribution in [1.29, 1.82) is 0 Å². The van der Waals surface area contributed by atoms with Crippen LogP contribution in [-0.4, -0.2) is 18.9 Å². The minimum atomic E-state index is -3.92. The van der Waals surface area contributed by atoms with Crippen LogP contribution in [0.1, 0.15) is 66.7 Å². The molecular weight excluding hydrogens is 327 g/mol. The summed E-state index contributed by atoms with van der Waals surface area (Å²) in [7, 11) is -3.92. The fraction of sp³-hybridized carbons (Fsp3) is 0.737. The quantitative estimate of drug-likeness (QED) is 0.684. The van der Waals surface area contributed by atoms with E-state index in [2.05, 4.69) is 13.0 Å². The summed E-state index contributed by atoms with van der Waals surface area (Å²) in [4.78, 5) is 12.2. The molecule has 2 aliphatic carbocycles. The molecule has 0 aromatic rings. The van der Waals surface area contributed by atoms with E-state index in [0.717, 1.165) is 19.3 Å². The fourth-order valence-corrected chi connectivity index (χ4v) is 5.01. The maximum atomic E-state index is 14.2. The van der Waals surface area contributed by atoms with Gasteiger partial charge in [0.15, 0.2) is 0 Å². The molecule has 2 aliphatic rings. The Labute approximate surface area is 145 Å². The van der Waals surface area contributed by atoms with Crippen LogP contribution in [0.15, 0.2) is 22.9 Å². The van der Waals surface area contributed by atoms with E-state index in [9.17, 15) is 17.6 Å². The molecule has 0 N–H and O–H groups in total. The van der Waals surface area contributed by atoms with Gasteiger partial charge in [0.25, 0.3) is 0 Å².